The van der Waals surface area contributed by atoms with E-state index < -0.39 is 0 Å². The zero-order chi connectivity index (χ0) is 9.14. The van der Waals surface area contributed by atoms with Gasteiger partial charge in [-0.1, -0.05) is 19.1 Å². The molecule has 1 aromatic carbocycles. The summed E-state index contributed by atoms with van der Waals surface area (Å²) in [7, 11) is 0. The van der Waals surface area contributed by atoms with Crippen molar-refractivity contribution in [3.8, 4) is 0 Å². The summed E-state index contributed by atoms with van der Waals surface area (Å²) in [5, 5.41) is 0. The van der Waals surface area contributed by atoms with Gasteiger partial charge in [-0.3, -0.25) is 0 Å². The van der Waals surface area contributed by atoms with Gasteiger partial charge in [0.25, 0.3) is 0 Å². The Morgan fingerprint density at radius 1 is 1.50 bits per heavy atom. The number of hydrogen-bond acceptors (Lipinski definition) is 1. The molecule has 1 rings (SSSR count). The van der Waals surface area contributed by atoms with Gasteiger partial charge in [0.2, 0.25) is 0 Å². The summed E-state index contributed by atoms with van der Waals surface area (Å²) in [5.41, 5.74) is 7.10. The average molecular weight is 167 g/mol. The van der Waals surface area contributed by atoms with Crippen LogP contribution < -0.4 is 5.73 Å². The molecule has 0 aromatic heterocycles. The Labute approximate surface area is 72.4 Å². The molecule has 2 heteroatoms. The zero-order valence-corrected chi connectivity index (χ0v) is 7.47. The maximum atomic E-state index is 13.2. The Kier molecular flexibility index (Phi) is 2.82. The van der Waals surface area contributed by atoms with Crippen molar-refractivity contribution in [3.63, 3.8) is 0 Å². The first-order valence-corrected chi connectivity index (χ1v) is 4.11. The van der Waals surface area contributed by atoms with E-state index in [0.717, 1.165) is 5.56 Å². The summed E-state index contributed by atoms with van der Waals surface area (Å²) in [6.45, 7) is 4.29. The van der Waals surface area contributed by atoms with E-state index in [1.807, 2.05) is 26.0 Å². The molecule has 0 heterocycles. The highest BCUT2D eigenvalue weighted by Crippen LogP contribution is 2.18. The van der Waals surface area contributed by atoms with E-state index in [9.17, 15) is 4.39 Å². The van der Waals surface area contributed by atoms with Gasteiger partial charge in [0.05, 0.1) is 0 Å². The van der Waals surface area contributed by atoms with Gasteiger partial charge in [-0.25, -0.2) is 4.39 Å². The largest absolute Gasteiger partial charge is 0.330 e. The minimum atomic E-state index is -0.145. The molecule has 0 bridgehead atoms. The molecule has 1 unspecified atom stereocenters. The number of nitrogens with two attached hydrogens (primary N) is 1. The van der Waals surface area contributed by atoms with Gasteiger partial charge in [0.1, 0.15) is 5.82 Å². The fraction of sp³-hybridized carbons (Fsp3) is 0.400. The van der Waals surface area contributed by atoms with Crippen molar-refractivity contribution in [1.82, 2.24) is 0 Å². The summed E-state index contributed by atoms with van der Waals surface area (Å²) >= 11 is 0. The smallest absolute Gasteiger partial charge is 0.126 e. The van der Waals surface area contributed by atoms with Gasteiger partial charge in [-0.2, -0.15) is 0 Å². The maximum absolute atomic E-state index is 13.2. The van der Waals surface area contributed by atoms with Crippen LogP contribution in [0.1, 0.15) is 24.0 Å². The van der Waals surface area contributed by atoms with Crippen molar-refractivity contribution < 1.29 is 4.39 Å². The monoisotopic (exact) mass is 167 g/mol. The molecule has 1 aromatic rings. The van der Waals surface area contributed by atoms with Crippen LogP contribution in [0.3, 0.4) is 0 Å². The quantitative estimate of drug-likeness (QED) is 0.718. The molecule has 0 aliphatic heterocycles. The van der Waals surface area contributed by atoms with Crippen LogP contribution >= 0.6 is 0 Å². The molecule has 0 saturated heterocycles. The lowest BCUT2D eigenvalue weighted by Gasteiger charge is -2.09. The van der Waals surface area contributed by atoms with Crippen LogP contribution in [0.15, 0.2) is 18.2 Å². The first-order chi connectivity index (χ1) is 5.65. The van der Waals surface area contributed by atoms with Gasteiger partial charge >= 0.3 is 0 Å². The van der Waals surface area contributed by atoms with Crippen molar-refractivity contribution in [2.24, 2.45) is 5.73 Å². The predicted octanol–water partition coefficient (Wildman–Crippen LogP) is 2.20. The van der Waals surface area contributed by atoms with E-state index in [2.05, 4.69) is 0 Å². The number of aryl methyl sites for hydroxylation is 1. The minimum Gasteiger partial charge on any atom is -0.330 e. The number of benzene rings is 1. The van der Waals surface area contributed by atoms with Gasteiger partial charge in [-0.15, -0.1) is 0 Å². The summed E-state index contributed by atoms with van der Waals surface area (Å²) in [4.78, 5) is 0. The van der Waals surface area contributed by atoms with E-state index in [1.54, 1.807) is 6.07 Å². The van der Waals surface area contributed by atoms with Crippen molar-refractivity contribution in [3.05, 3.63) is 35.1 Å². The number of hydrogen-bond donors (Lipinski definition) is 1. The normalized spacial score (nSPS) is 13.0. The van der Waals surface area contributed by atoms with E-state index in [0.29, 0.717) is 12.1 Å². The molecule has 2 N–H and O–H groups in total. The van der Waals surface area contributed by atoms with E-state index in [1.165, 1.54) is 0 Å². The molecule has 12 heavy (non-hydrogen) atoms. The van der Waals surface area contributed by atoms with Crippen LogP contribution in [0.25, 0.3) is 0 Å². The molecule has 0 radical (unpaired) electrons. The lowest BCUT2D eigenvalue weighted by atomic mass is 10.00. The highest BCUT2D eigenvalue weighted by molar-refractivity contribution is 5.26. The standard InChI is InChI=1S/C10H14FN/c1-7-3-4-9(8(2)6-12)10(11)5-7/h3-5,8H,6,12H2,1-2H3. The Hall–Kier alpha value is -0.890. The van der Waals surface area contributed by atoms with Gasteiger partial charge < -0.3 is 5.73 Å². The summed E-state index contributed by atoms with van der Waals surface area (Å²) in [5.74, 6) is -0.0430. The van der Waals surface area contributed by atoms with Crippen LogP contribution in [0.4, 0.5) is 4.39 Å². The number of halogens is 1. The third kappa shape index (κ3) is 1.83. The predicted molar refractivity (Wildman–Crippen MR) is 48.6 cm³/mol. The molecule has 0 aliphatic carbocycles. The first kappa shape index (κ1) is 9.20. The molecular weight excluding hydrogens is 153 g/mol. The lowest BCUT2D eigenvalue weighted by molar-refractivity contribution is 0.589. The van der Waals surface area contributed by atoms with Crippen molar-refractivity contribution in [2.45, 2.75) is 19.8 Å². The van der Waals surface area contributed by atoms with Crippen molar-refractivity contribution in [1.29, 1.82) is 0 Å². The highest BCUT2D eigenvalue weighted by Gasteiger charge is 2.08. The minimum absolute atomic E-state index is 0.102. The van der Waals surface area contributed by atoms with Crippen LogP contribution in [0.5, 0.6) is 0 Å². The van der Waals surface area contributed by atoms with Crippen molar-refractivity contribution >= 4 is 0 Å². The number of rotatable bonds is 2. The lowest BCUT2D eigenvalue weighted by Crippen LogP contribution is -2.10. The topological polar surface area (TPSA) is 26.0 Å². The maximum Gasteiger partial charge on any atom is 0.126 e. The van der Waals surface area contributed by atoms with Gasteiger partial charge in [0, 0.05) is 0 Å². The van der Waals surface area contributed by atoms with E-state index in [-0.39, 0.29) is 11.7 Å². The fourth-order valence-electron chi connectivity index (χ4n) is 1.16. The van der Waals surface area contributed by atoms with Crippen LogP contribution in [-0.2, 0) is 0 Å². The van der Waals surface area contributed by atoms with E-state index >= 15 is 0 Å². The molecule has 1 nitrogen and oxygen atoms in total. The second-order valence-electron chi connectivity index (χ2n) is 3.16. The zero-order valence-electron chi connectivity index (χ0n) is 7.47. The summed E-state index contributed by atoms with van der Waals surface area (Å²) in [6.07, 6.45) is 0. The summed E-state index contributed by atoms with van der Waals surface area (Å²) < 4.78 is 13.2. The van der Waals surface area contributed by atoms with Gasteiger partial charge in [0.15, 0.2) is 0 Å². The Morgan fingerprint density at radius 2 is 2.17 bits per heavy atom. The Bertz CT molecular complexity index is 271. The van der Waals surface area contributed by atoms with Crippen LogP contribution in [0.2, 0.25) is 0 Å². The molecule has 66 valence electrons. The SMILES string of the molecule is Cc1ccc(C(C)CN)c(F)c1. The molecule has 0 amide bonds. The van der Waals surface area contributed by atoms with Crippen molar-refractivity contribution in [2.75, 3.05) is 6.54 Å². The first-order valence-electron chi connectivity index (χ1n) is 4.11. The Balaban J connectivity index is 3.01. The van der Waals surface area contributed by atoms with Crippen LogP contribution in [0, 0.1) is 12.7 Å². The second-order valence-corrected chi connectivity index (χ2v) is 3.16. The van der Waals surface area contributed by atoms with E-state index in [4.69, 9.17) is 5.73 Å². The molecular formula is C10H14FN. The third-order valence-electron chi connectivity index (χ3n) is 2.04. The molecule has 0 spiro atoms. The van der Waals surface area contributed by atoms with Crippen LogP contribution in [-0.4, -0.2) is 6.54 Å². The Morgan fingerprint density at radius 3 is 2.67 bits per heavy atom. The fourth-order valence-corrected chi connectivity index (χ4v) is 1.16. The van der Waals surface area contributed by atoms with Gasteiger partial charge in [-0.05, 0) is 36.6 Å². The molecule has 0 aliphatic rings. The molecule has 0 fully saturated rings. The second kappa shape index (κ2) is 3.68. The highest BCUT2D eigenvalue weighted by atomic mass is 19.1. The third-order valence-corrected chi connectivity index (χ3v) is 2.04. The molecule has 1 atom stereocenters. The summed E-state index contributed by atoms with van der Waals surface area (Å²) in [6, 6.07) is 5.26. The molecule has 0 saturated carbocycles. The average Bonchev–Trinajstić information content (AvgIpc) is 2.03.